The summed E-state index contributed by atoms with van der Waals surface area (Å²) in [5, 5.41) is 11.8. The Kier molecular flexibility index (Phi) is 6.95. The van der Waals surface area contributed by atoms with Gasteiger partial charge in [0.15, 0.2) is 0 Å². The molecule has 134 valence electrons. The van der Waals surface area contributed by atoms with Gasteiger partial charge in [-0.15, -0.1) is 0 Å². The van der Waals surface area contributed by atoms with Crippen molar-refractivity contribution in [3.05, 3.63) is 72.3 Å². The van der Waals surface area contributed by atoms with E-state index >= 15 is 0 Å². The molecular formula is C21H23N3O2. The van der Waals surface area contributed by atoms with Gasteiger partial charge in [-0.2, -0.15) is 5.26 Å². The number of ether oxygens (including phenoxy) is 1. The third-order valence-corrected chi connectivity index (χ3v) is 4.02. The van der Waals surface area contributed by atoms with Crippen LogP contribution in [0.5, 0.6) is 5.75 Å². The van der Waals surface area contributed by atoms with Gasteiger partial charge in [-0.3, -0.25) is 9.69 Å². The Hall–Kier alpha value is -3.10. The normalized spacial score (nSPS) is 11.5. The Balaban J connectivity index is 1.93. The van der Waals surface area contributed by atoms with Crippen LogP contribution < -0.4 is 10.1 Å². The fourth-order valence-corrected chi connectivity index (χ4v) is 2.38. The molecule has 2 aromatic carbocycles. The zero-order valence-electron chi connectivity index (χ0n) is 15.1. The molecule has 0 saturated carbocycles. The van der Waals surface area contributed by atoms with Gasteiger partial charge in [0.25, 0.3) is 0 Å². The van der Waals surface area contributed by atoms with E-state index in [1.807, 2.05) is 43.1 Å². The van der Waals surface area contributed by atoms with Gasteiger partial charge < -0.3 is 10.1 Å². The molecule has 0 saturated heterocycles. The first-order chi connectivity index (χ1) is 12.5. The van der Waals surface area contributed by atoms with Gasteiger partial charge in [-0.25, -0.2) is 0 Å². The molecule has 1 amide bonds. The number of likely N-dealkylation sites (N-methyl/N-ethyl adjacent to an activating group) is 1. The van der Waals surface area contributed by atoms with Crippen molar-refractivity contribution in [2.24, 2.45) is 0 Å². The molecule has 5 heteroatoms. The second-order valence-electron chi connectivity index (χ2n) is 6.02. The third kappa shape index (κ3) is 5.47. The molecule has 2 rings (SSSR count). The van der Waals surface area contributed by atoms with Crippen LogP contribution >= 0.6 is 0 Å². The van der Waals surface area contributed by atoms with Crippen molar-refractivity contribution in [1.29, 1.82) is 5.26 Å². The molecule has 5 nitrogen and oxygen atoms in total. The molecule has 0 unspecified atom stereocenters. The SMILES string of the molecule is C=CCOc1ccc(CN(C)[C@@H](C)C(=O)Nc2cccc(C#N)c2)cc1. The molecule has 2 aromatic rings. The molecule has 0 aliphatic carbocycles. The number of rotatable bonds is 8. The summed E-state index contributed by atoms with van der Waals surface area (Å²) in [5.74, 6) is 0.674. The first-order valence-corrected chi connectivity index (χ1v) is 8.37. The molecule has 1 N–H and O–H groups in total. The van der Waals surface area contributed by atoms with Crippen LogP contribution in [0.2, 0.25) is 0 Å². The number of nitriles is 1. The number of amides is 1. The monoisotopic (exact) mass is 349 g/mol. The summed E-state index contributed by atoms with van der Waals surface area (Å²) in [6, 6.07) is 16.4. The van der Waals surface area contributed by atoms with E-state index in [2.05, 4.69) is 18.0 Å². The summed E-state index contributed by atoms with van der Waals surface area (Å²) in [4.78, 5) is 14.4. The van der Waals surface area contributed by atoms with Gasteiger partial charge in [0.05, 0.1) is 17.7 Å². The lowest BCUT2D eigenvalue weighted by Crippen LogP contribution is -2.39. The molecule has 0 radical (unpaired) electrons. The van der Waals surface area contributed by atoms with Crippen molar-refractivity contribution in [2.75, 3.05) is 19.0 Å². The molecule has 0 aromatic heterocycles. The van der Waals surface area contributed by atoms with Crippen LogP contribution in [0.3, 0.4) is 0 Å². The van der Waals surface area contributed by atoms with Gasteiger partial charge in [0.2, 0.25) is 5.91 Å². The highest BCUT2D eigenvalue weighted by atomic mass is 16.5. The number of anilines is 1. The Labute approximate surface area is 154 Å². The lowest BCUT2D eigenvalue weighted by Gasteiger charge is -2.24. The van der Waals surface area contributed by atoms with Crippen LogP contribution in [0.1, 0.15) is 18.1 Å². The highest BCUT2D eigenvalue weighted by Crippen LogP contribution is 2.15. The molecule has 0 spiro atoms. The summed E-state index contributed by atoms with van der Waals surface area (Å²) >= 11 is 0. The summed E-state index contributed by atoms with van der Waals surface area (Å²) in [6.45, 7) is 6.58. The average Bonchev–Trinajstić information content (AvgIpc) is 2.66. The molecule has 0 bridgehead atoms. The summed E-state index contributed by atoms with van der Waals surface area (Å²) < 4.78 is 5.47. The van der Waals surface area contributed by atoms with Crippen molar-refractivity contribution >= 4 is 11.6 Å². The first kappa shape index (κ1) is 19.2. The Bertz CT molecular complexity index is 794. The van der Waals surface area contributed by atoms with Crippen LogP contribution in [0.15, 0.2) is 61.2 Å². The summed E-state index contributed by atoms with van der Waals surface area (Å²) in [6.07, 6.45) is 1.70. The maximum absolute atomic E-state index is 12.5. The van der Waals surface area contributed by atoms with E-state index in [-0.39, 0.29) is 11.9 Å². The lowest BCUT2D eigenvalue weighted by molar-refractivity contribution is -0.120. The maximum atomic E-state index is 12.5. The van der Waals surface area contributed by atoms with Crippen LogP contribution in [0.25, 0.3) is 0 Å². The summed E-state index contributed by atoms with van der Waals surface area (Å²) in [5.41, 5.74) is 2.23. The Morgan fingerprint density at radius 2 is 2.08 bits per heavy atom. The van der Waals surface area contributed by atoms with Gasteiger partial charge in [-0.1, -0.05) is 30.9 Å². The van der Waals surface area contributed by atoms with E-state index < -0.39 is 0 Å². The minimum atomic E-state index is -0.322. The molecule has 0 fully saturated rings. The number of hydrogen-bond acceptors (Lipinski definition) is 4. The minimum Gasteiger partial charge on any atom is -0.490 e. The highest BCUT2D eigenvalue weighted by Gasteiger charge is 2.18. The molecule has 0 aliphatic heterocycles. The highest BCUT2D eigenvalue weighted by molar-refractivity contribution is 5.94. The Morgan fingerprint density at radius 3 is 2.73 bits per heavy atom. The molecular weight excluding hydrogens is 326 g/mol. The summed E-state index contributed by atoms with van der Waals surface area (Å²) in [7, 11) is 1.90. The van der Waals surface area contributed by atoms with Gasteiger partial charge in [0.1, 0.15) is 12.4 Å². The largest absolute Gasteiger partial charge is 0.490 e. The number of carbonyl (C=O) groups excluding carboxylic acids is 1. The van der Waals surface area contributed by atoms with Crippen molar-refractivity contribution in [3.8, 4) is 11.8 Å². The second-order valence-corrected chi connectivity index (χ2v) is 6.02. The Morgan fingerprint density at radius 1 is 1.35 bits per heavy atom. The van der Waals surface area contributed by atoms with Crippen molar-refractivity contribution in [1.82, 2.24) is 4.90 Å². The zero-order valence-corrected chi connectivity index (χ0v) is 15.1. The van der Waals surface area contributed by atoms with Crippen LogP contribution in [0, 0.1) is 11.3 Å². The lowest BCUT2D eigenvalue weighted by atomic mass is 10.1. The average molecular weight is 349 g/mol. The predicted octanol–water partition coefficient (Wildman–Crippen LogP) is 3.58. The first-order valence-electron chi connectivity index (χ1n) is 8.37. The zero-order chi connectivity index (χ0) is 18.9. The van der Waals surface area contributed by atoms with E-state index in [1.165, 1.54) is 0 Å². The standard InChI is InChI=1S/C21H23N3O2/c1-4-12-26-20-10-8-17(9-11-20)15-24(3)16(2)21(25)23-19-7-5-6-18(13-19)14-22/h4-11,13,16H,1,12,15H2,2-3H3,(H,23,25)/t16-/m0/s1. The minimum absolute atomic E-state index is 0.117. The number of nitrogens with zero attached hydrogens (tertiary/aromatic N) is 2. The van der Waals surface area contributed by atoms with Gasteiger partial charge in [-0.05, 0) is 49.9 Å². The van der Waals surface area contributed by atoms with Crippen molar-refractivity contribution < 1.29 is 9.53 Å². The number of benzene rings is 2. The molecule has 1 atom stereocenters. The van der Waals surface area contributed by atoms with Crippen molar-refractivity contribution in [2.45, 2.75) is 19.5 Å². The molecule has 0 aliphatic rings. The fourth-order valence-electron chi connectivity index (χ4n) is 2.38. The van der Waals surface area contributed by atoms with Gasteiger partial charge in [0, 0.05) is 12.2 Å². The van der Waals surface area contributed by atoms with E-state index in [0.29, 0.717) is 24.4 Å². The van der Waals surface area contributed by atoms with E-state index in [0.717, 1.165) is 11.3 Å². The maximum Gasteiger partial charge on any atom is 0.241 e. The number of hydrogen-bond donors (Lipinski definition) is 1. The molecule has 0 heterocycles. The number of nitrogens with one attached hydrogen (secondary N) is 1. The molecule has 26 heavy (non-hydrogen) atoms. The predicted molar refractivity (Wildman–Crippen MR) is 103 cm³/mol. The van der Waals surface area contributed by atoms with Crippen LogP contribution in [-0.2, 0) is 11.3 Å². The van der Waals surface area contributed by atoms with Crippen molar-refractivity contribution in [3.63, 3.8) is 0 Å². The van der Waals surface area contributed by atoms with Crippen LogP contribution in [-0.4, -0.2) is 30.5 Å². The van der Waals surface area contributed by atoms with E-state index in [4.69, 9.17) is 10.00 Å². The fraction of sp³-hybridized carbons (Fsp3) is 0.238. The van der Waals surface area contributed by atoms with E-state index in [1.54, 1.807) is 30.3 Å². The second kappa shape index (κ2) is 9.40. The number of carbonyl (C=O) groups is 1. The van der Waals surface area contributed by atoms with E-state index in [9.17, 15) is 4.79 Å². The topological polar surface area (TPSA) is 65.4 Å². The van der Waals surface area contributed by atoms with Gasteiger partial charge >= 0.3 is 0 Å². The van der Waals surface area contributed by atoms with Crippen LogP contribution in [0.4, 0.5) is 5.69 Å². The smallest absolute Gasteiger partial charge is 0.241 e. The third-order valence-electron chi connectivity index (χ3n) is 4.02. The quantitative estimate of drug-likeness (QED) is 0.740.